The molecule has 114 valence electrons. The molecule has 21 heavy (non-hydrogen) atoms. The zero-order chi connectivity index (χ0) is 14.9. The Morgan fingerprint density at radius 1 is 0.762 bits per heavy atom. The third-order valence-corrected chi connectivity index (χ3v) is 10.4. The summed E-state index contributed by atoms with van der Waals surface area (Å²) in [6, 6.07) is 0. The van der Waals surface area contributed by atoms with Gasteiger partial charge < -0.3 is 0 Å². The molecule has 0 aromatic heterocycles. The molecule has 0 saturated heterocycles. The van der Waals surface area contributed by atoms with Gasteiger partial charge in [-0.3, -0.25) is 0 Å². The molecule has 0 aliphatic heterocycles. The normalized spacial score (nSPS) is 17.4. The molecule has 2 aliphatic carbocycles. The van der Waals surface area contributed by atoms with Gasteiger partial charge in [0.05, 0.1) is 0 Å². The Morgan fingerprint density at radius 3 is 1.67 bits per heavy atom. The SMILES string of the molecule is CCCCCC1=[C]([Hf][C]2=C(CCCCC)C=CC2)CC=C1. The van der Waals surface area contributed by atoms with Gasteiger partial charge in [0, 0.05) is 0 Å². The molecule has 0 amide bonds. The maximum absolute atomic E-state index is 2.44. The van der Waals surface area contributed by atoms with E-state index in [1.54, 1.807) is 11.1 Å². The molecule has 2 rings (SSSR count). The second kappa shape index (κ2) is 9.77. The molecule has 0 fully saturated rings. The molecule has 0 N–H and O–H groups in total. The number of hydrogen-bond acceptors (Lipinski definition) is 0. The standard InChI is InChI=1S/2C10H15.Hf/c2*1-2-3-4-7-10-8-5-6-9-10;/h2*5,8H,2-4,6-7H2,1H3;. The topological polar surface area (TPSA) is 0 Å². The summed E-state index contributed by atoms with van der Waals surface area (Å²) in [5, 5.41) is 0. The van der Waals surface area contributed by atoms with Gasteiger partial charge in [0.15, 0.2) is 0 Å². The zero-order valence-electron chi connectivity index (χ0n) is 13.9. The van der Waals surface area contributed by atoms with Crippen LogP contribution in [0.15, 0.2) is 42.1 Å². The minimum atomic E-state index is -0.726. The molecule has 0 nitrogen and oxygen atoms in total. The number of hydrogen-bond donors (Lipinski definition) is 0. The Hall–Kier alpha value is -0.170. The molecule has 0 unspecified atom stereocenters. The Bertz CT molecular complexity index is 406. The second-order valence-corrected chi connectivity index (χ2v) is 11.5. The van der Waals surface area contributed by atoms with Crippen LogP contribution in [0.3, 0.4) is 0 Å². The number of unbranched alkanes of at least 4 members (excludes halogenated alkanes) is 4. The van der Waals surface area contributed by atoms with Crippen LogP contribution >= 0.6 is 0 Å². The van der Waals surface area contributed by atoms with Crippen LogP contribution in [-0.4, -0.2) is 0 Å². The van der Waals surface area contributed by atoms with Gasteiger partial charge in [-0.05, 0) is 0 Å². The Morgan fingerprint density at radius 2 is 1.24 bits per heavy atom. The third-order valence-electron chi connectivity index (χ3n) is 4.46. The van der Waals surface area contributed by atoms with Crippen molar-refractivity contribution < 1.29 is 22.9 Å². The molecular weight excluding hydrogens is 419 g/mol. The average Bonchev–Trinajstić information content (AvgIpc) is 3.10. The minimum absolute atomic E-state index is 0.726. The van der Waals surface area contributed by atoms with E-state index in [0.29, 0.717) is 0 Å². The van der Waals surface area contributed by atoms with E-state index < -0.39 is 22.9 Å². The molecule has 0 saturated carbocycles. The summed E-state index contributed by atoms with van der Waals surface area (Å²) in [6.45, 7) is 4.60. The summed E-state index contributed by atoms with van der Waals surface area (Å²) in [5.74, 6) is 0. The quantitative estimate of drug-likeness (QED) is 0.259. The van der Waals surface area contributed by atoms with E-state index in [0.717, 1.165) is 0 Å². The Labute approximate surface area is 142 Å². The molecule has 0 aromatic rings. The Balaban J connectivity index is 1.92. The molecule has 0 aromatic carbocycles. The van der Waals surface area contributed by atoms with Gasteiger partial charge in [-0.25, -0.2) is 0 Å². The van der Waals surface area contributed by atoms with Crippen molar-refractivity contribution >= 4 is 0 Å². The molecule has 2 aliphatic rings. The van der Waals surface area contributed by atoms with Gasteiger partial charge in [-0.2, -0.15) is 0 Å². The molecule has 0 radical (unpaired) electrons. The van der Waals surface area contributed by atoms with E-state index in [1.165, 1.54) is 64.2 Å². The van der Waals surface area contributed by atoms with Crippen LogP contribution in [0.1, 0.15) is 78.1 Å². The molecule has 1 heteroatoms. The van der Waals surface area contributed by atoms with Crippen LogP contribution in [0.2, 0.25) is 0 Å². The van der Waals surface area contributed by atoms with Gasteiger partial charge >= 0.3 is 143 Å². The molecule has 0 heterocycles. The van der Waals surface area contributed by atoms with Crippen LogP contribution in [0.4, 0.5) is 0 Å². The summed E-state index contributed by atoms with van der Waals surface area (Å²) in [5.41, 5.74) is 3.47. The van der Waals surface area contributed by atoms with Crippen molar-refractivity contribution in [3.8, 4) is 0 Å². The van der Waals surface area contributed by atoms with Crippen molar-refractivity contribution in [2.24, 2.45) is 0 Å². The monoisotopic (exact) mass is 450 g/mol. The fourth-order valence-electron chi connectivity index (χ4n) is 3.15. The van der Waals surface area contributed by atoms with E-state index >= 15 is 0 Å². The van der Waals surface area contributed by atoms with Gasteiger partial charge in [-0.15, -0.1) is 0 Å². The van der Waals surface area contributed by atoms with E-state index in [9.17, 15) is 0 Å². The average molecular weight is 449 g/mol. The van der Waals surface area contributed by atoms with Crippen molar-refractivity contribution in [3.05, 3.63) is 42.1 Å². The zero-order valence-corrected chi connectivity index (χ0v) is 17.5. The Kier molecular flexibility index (Phi) is 7.99. The predicted molar refractivity (Wildman–Crippen MR) is 89.9 cm³/mol. The molecular formula is C20H30Hf. The summed E-state index contributed by atoms with van der Waals surface area (Å²) in [6.07, 6.45) is 23.2. The van der Waals surface area contributed by atoms with Gasteiger partial charge in [-0.1, -0.05) is 0 Å². The van der Waals surface area contributed by atoms with Gasteiger partial charge in [0.2, 0.25) is 0 Å². The third kappa shape index (κ3) is 5.51. The summed E-state index contributed by atoms with van der Waals surface area (Å²) in [4.78, 5) is 0. The summed E-state index contributed by atoms with van der Waals surface area (Å²) < 4.78 is 3.80. The summed E-state index contributed by atoms with van der Waals surface area (Å²) >= 11 is -0.726. The summed E-state index contributed by atoms with van der Waals surface area (Å²) in [7, 11) is 0. The van der Waals surface area contributed by atoms with Crippen molar-refractivity contribution in [1.29, 1.82) is 0 Å². The van der Waals surface area contributed by atoms with E-state index in [1.807, 2.05) is 6.66 Å². The molecule has 0 spiro atoms. The fourth-order valence-corrected chi connectivity index (χ4v) is 8.69. The van der Waals surface area contributed by atoms with Gasteiger partial charge in [0.25, 0.3) is 0 Å². The maximum atomic E-state index is 2.44. The van der Waals surface area contributed by atoms with Crippen molar-refractivity contribution in [2.75, 3.05) is 0 Å². The first-order valence-corrected chi connectivity index (χ1v) is 12.5. The van der Waals surface area contributed by atoms with E-state index in [4.69, 9.17) is 0 Å². The van der Waals surface area contributed by atoms with Crippen LogP contribution < -0.4 is 0 Å². The molecule has 0 bridgehead atoms. The number of allylic oxidation sites excluding steroid dienone is 8. The van der Waals surface area contributed by atoms with Crippen LogP contribution in [0.25, 0.3) is 0 Å². The molecule has 0 atom stereocenters. The van der Waals surface area contributed by atoms with Crippen molar-refractivity contribution in [3.63, 3.8) is 0 Å². The van der Waals surface area contributed by atoms with Crippen LogP contribution in [-0.2, 0) is 22.9 Å². The van der Waals surface area contributed by atoms with Crippen LogP contribution in [0, 0.1) is 0 Å². The first-order chi connectivity index (χ1) is 10.3. The fraction of sp³-hybridized carbons (Fsp3) is 0.600. The van der Waals surface area contributed by atoms with Crippen molar-refractivity contribution in [1.82, 2.24) is 0 Å². The first-order valence-electron chi connectivity index (χ1n) is 8.89. The second-order valence-electron chi connectivity index (χ2n) is 6.26. The van der Waals surface area contributed by atoms with E-state index in [2.05, 4.69) is 38.2 Å². The van der Waals surface area contributed by atoms with E-state index in [-0.39, 0.29) is 0 Å². The van der Waals surface area contributed by atoms with Crippen molar-refractivity contribution in [2.45, 2.75) is 78.1 Å². The first kappa shape index (κ1) is 17.2. The predicted octanol–water partition coefficient (Wildman–Crippen LogP) is 6.66. The number of rotatable bonds is 10. The van der Waals surface area contributed by atoms with Gasteiger partial charge in [0.1, 0.15) is 0 Å². The van der Waals surface area contributed by atoms with Crippen LogP contribution in [0.5, 0.6) is 0 Å².